The molecular formula is C18H22ClN5O2. The van der Waals surface area contributed by atoms with E-state index < -0.39 is 0 Å². The number of urea groups is 1. The van der Waals surface area contributed by atoms with Crippen molar-refractivity contribution in [2.75, 3.05) is 30.4 Å². The Bertz CT molecular complexity index is 765. The summed E-state index contributed by atoms with van der Waals surface area (Å²) >= 11 is 5.97. The van der Waals surface area contributed by atoms with Gasteiger partial charge in [0.05, 0.1) is 19.3 Å². The van der Waals surface area contributed by atoms with Gasteiger partial charge in [-0.1, -0.05) is 11.6 Å². The number of benzene rings is 1. The zero-order chi connectivity index (χ0) is 18.4. The highest BCUT2D eigenvalue weighted by Gasteiger charge is 2.13. The molecular weight excluding hydrogens is 354 g/mol. The number of halogens is 1. The number of carbonyl (C=O) groups is 1. The van der Waals surface area contributed by atoms with Crippen LogP contribution >= 0.6 is 11.6 Å². The number of piperidine rings is 1. The number of rotatable bonds is 5. The molecule has 2 amide bonds. The number of aromatic nitrogens is 2. The zero-order valence-corrected chi connectivity index (χ0v) is 15.4. The van der Waals surface area contributed by atoms with Gasteiger partial charge in [-0.05, 0) is 43.5 Å². The topological polar surface area (TPSA) is 79.4 Å². The van der Waals surface area contributed by atoms with Gasteiger partial charge in [0, 0.05) is 24.3 Å². The van der Waals surface area contributed by atoms with Crippen LogP contribution in [0.1, 0.15) is 25.1 Å². The molecule has 2 N–H and O–H groups in total. The van der Waals surface area contributed by atoms with Crippen molar-refractivity contribution in [2.45, 2.75) is 25.8 Å². The predicted octanol–water partition coefficient (Wildman–Crippen LogP) is 3.45. The summed E-state index contributed by atoms with van der Waals surface area (Å²) in [4.78, 5) is 23.2. The van der Waals surface area contributed by atoms with E-state index in [-0.39, 0.29) is 12.6 Å². The fourth-order valence-electron chi connectivity index (χ4n) is 2.88. The first-order valence-electron chi connectivity index (χ1n) is 8.61. The van der Waals surface area contributed by atoms with Crippen molar-refractivity contribution in [3.05, 3.63) is 41.3 Å². The van der Waals surface area contributed by atoms with E-state index in [1.54, 1.807) is 24.4 Å². The van der Waals surface area contributed by atoms with Gasteiger partial charge >= 0.3 is 6.03 Å². The highest BCUT2D eigenvalue weighted by molar-refractivity contribution is 6.31. The Morgan fingerprint density at radius 2 is 2.08 bits per heavy atom. The second-order valence-corrected chi connectivity index (χ2v) is 6.47. The van der Waals surface area contributed by atoms with Crippen LogP contribution in [0.5, 0.6) is 5.75 Å². The maximum Gasteiger partial charge on any atom is 0.319 e. The minimum Gasteiger partial charge on any atom is -0.495 e. The standard InChI is InChI=1S/C18H22ClN5O2/c1-26-15-6-5-13(19)11-14(15)22-18(25)21-12-16-20-8-7-17(23-16)24-9-3-2-4-10-24/h5-8,11H,2-4,9-10,12H2,1H3,(H2,21,22,25). The second kappa shape index (κ2) is 8.71. The van der Waals surface area contributed by atoms with Crippen LogP contribution in [-0.2, 0) is 6.54 Å². The first kappa shape index (κ1) is 18.3. The predicted molar refractivity (Wildman–Crippen MR) is 102 cm³/mol. The minimum atomic E-state index is -0.377. The molecule has 138 valence electrons. The molecule has 0 radical (unpaired) electrons. The third-order valence-electron chi connectivity index (χ3n) is 4.19. The SMILES string of the molecule is COc1ccc(Cl)cc1NC(=O)NCc1nccc(N2CCCCC2)n1. The highest BCUT2D eigenvalue weighted by atomic mass is 35.5. The molecule has 1 aromatic heterocycles. The van der Waals surface area contributed by atoms with Crippen molar-refractivity contribution in [1.82, 2.24) is 15.3 Å². The molecule has 0 atom stereocenters. The Kier molecular flexibility index (Phi) is 6.12. The average Bonchev–Trinajstić information content (AvgIpc) is 2.67. The van der Waals surface area contributed by atoms with E-state index in [1.807, 2.05) is 6.07 Å². The molecule has 2 heterocycles. The van der Waals surface area contributed by atoms with Gasteiger partial charge in [0.25, 0.3) is 0 Å². The summed E-state index contributed by atoms with van der Waals surface area (Å²) in [6.07, 6.45) is 5.36. The summed E-state index contributed by atoms with van der Waals surface area (Å²) < 4.78 is 5.22. The van der Waals surface area contributed by atoms with E-state index >= 15 is 0 Å². The smallest absolute Gasteiger partial charge is 0.319 e. The van der Waals surface area contributed by atoms with Crippen molar-refractivity contribution in [2.24, 2.45) is 0 Å². The second-order valence-electron chi connectivity index (χ2n) is 6.03. The summed E-state index contributed by atoms with van der Waals surface area (Å²) in [5, 5.41) is 5.99. The van der Waals surface area contributed by atoms with Gasteiger partial charge < -0.3 is 20.3 Å². The average molecular weight is 376 g/mol. The van der Waals surface area contributed by atoms with Crippen LogP contribution in [0.3, 0.4) is 0 Å². The number of anilines is 2. The fraction of sp³-hybridized carbons (Fsp3) is 0.389. The molecule has 7 nitrogen and oxygen atoms in total. The van der Waals surface area contributed by atoms with Gasteiger partial charge in [-0.2, -0.15) is 0 Å². The molecule has 8 heteroatoms. The monoisotopic (exact) mass is 375 g/mol. The molecule has 3 rings (SSSR count). The fourth-order valence-corrected chi connectivity index (χ4v) is 3.05. The van der Waals surface area contributed by atoms with Gasteiger partial charge in [0.2, 0.25) is 0 Å². The van der Waals surface area contributed by atoms with E-state index in [2.05, 4.69) is 25.5 Å². The molecule has 0 unspecified atom stereocenters. The number of hydrogen-bond acceptors (Lipinski definition) is 5. The lowest BCUT2D eigenvalue weighted by atomic mass is 10.1. The Labute approximate surface area is 157 Å². The molecule has 0 bridgehead atoms. The highest BCUT2D eigenvalue weighted by Crippen LogP contribution is 2.27. The quantitative estimate of drug-likeness (QED) is 0.836. The van der Waals surface area contributed by atoms with Crippen molar-refractivity contribution in [3.63, 3.8) is 0 Å². The Balaban J connectivity index is 1.58. The van der Waals surface area contributed by atoms with Gasteiger partial charge in [0.15, 0.2) is 0 Å². The summed E-state index contributed by atoms with van der Waals surface area (Å²) in [6, 6.07) is 6.56. The number of methoxy groups -OCH3 is 1. The number of hydrogen-bond donors (Lipinski definition) is 2. The number of nitrogens with zero attached hydrogens (tertiary/aromatic N) is 3. The molecule has 2 aromatic rings. The molecule has 1 aliphatic heterocycles. The van der Waals surface area contributed by atoms with Crippen LogP contribution < -0.4 is 20.3 Å². The molecule has 0 saturated carbocycles. The molecule has 1 saturated heterocycles. The first-order chi connectivity index (χ1) is 12.7. The van der Waals surface area contributed by atoms with E-state index in [4.69, 9.17) is 16.3 Å². The summed E-state index contributed by atoms with van der Waals surface area (Å²) in [6.45, 7) is 2.26. The van der Waals surface area contributed by atoms with Crippen LogP contribution in [-0.4, -0.2) is 36.2 Å². The van der Waals surface area contributed by atoms with E-state index in [0.29, 0.717) is 22.3 Å². The number of carbonyl (C=O) groups excluding carboxylic acids is 1. The minimum absolute atomic E-state index is 0.233. The molecule has 1 aliphatic rings. The van der Waals surface area contributed by atoms with E-state index in [9.17, 15) is 4.79 Å². The lowest BCUT2D eigenvalue weighted by Gasteiger charge is -2.27. The van der Waals surface area contributed by atoms with Gasteiger partial charge in [-0.15, -0.1) is 0 Å². The molecule has 26 heavy (non-hydrogen) atoms. The van der Waals surface area contributed by atoms with Crippen LogP contribution in [0.4, 0.5) is 16.3 Å². The number of nitrogens with one attached hydrogen (secondary N) is 2. The Morgan fingerprint density at radius 3 is 2.85 bits per heavy atom. The number of amides is 2. The zero-order valence-electron chi connectivity index (χ0n) is 14.7. The van der Waals surface area contributed by atoms with E-state index in [1.165, 1.54) is 26.4 Å². The lowest BCUT2D eigenvalue weighted by Crippen LogP contribution is -2.31. The maximum absolute atomic E-state index is 12.2. The van der Waals surface area contributed by atoms with Crippen LogP contribution in [0, 0.1) is 0 Å². The largest absolute Gasteiger partial charge is 0.495 e. The first-order valence-corrected chi connectivity index (χ1v) is 8.99. The maximum atomic E-state index is 12.2. The van der Waals surface area contributed by atoms with Crippen LogP contribution in [0.15, 0.2) is 30.5 Å². The van der Waals surface area contributed by atoms with Crippen molar-refractivity contribution >= 4 is 29.1 Å². The number of ether oxygens (including phenoxy) is 1. The van der Waals surface area contributed by atoms with Crippen molar-refractivity contribution in [3.8, 4) is 5.75 Å². The van der Waals surface area contributed by atoms with Crippen molar-refractivity contribution in [1.29, 1.82) is 0 Å². The van der Waals surface area contributed by atoms with Crippen LogP contribution in [0.25, 0.3) is 0 Å². The lowest BCUT2D eigenvalue weighted by molar-refractivity contribution is 0.251. The van der Waals surface area contributed by atoms with Gasteiger partial charge in [-0.25, -0.2) is 14.8 Å². The molecule has 1 fully saturated rings. The van der Waals surface area contributed by atoms with E-state index in [0.717, 1.165) is 18.9 Å². The van der Waals surface area contributed by atoms with Gasteiger partial charge in [0.1, 0.15) is 17.4 Å². The third kappa shape index (κ3) is 4.76. The van der Waals surface area contributed by atoms with Crippen LogP contribution in [0.2, 0.25) is 5.02 Å². The Hall–Kier alpha value is -2.54. The molecule has 0 spiro atoms. The molecule has 0 aliphatic carbocycles. The summed E-state index contributed by atoms with van der Waals surface area (Å²) in [5.74, 6) is 2.02. The normalized spacial score (nSPS) is 14.0. The van der Waals surface area contributed by atoms with Crippen molar-refractivity contribution < 1.29 is 9.53 Å². The molecule has 1 aromatic carbocycles. The third-order valence-corrected chi connectivity index (χ3v) is 4.42. The summed E-state index contributed by atoms with van der Waals surface area (Å²) in [5.41, 5.74) is 0.500. The Morgan fingerprint density at radius 1 is 1.27 bits per heavy atom. The van der Waals surface area contributed by atoms with Gasteiger partial charge in [-0.3, -0.25) is 0 Å². The summed E-state index contributed by atoms with van der Waals surface area (Å²) in [7, 11) is 1.53.